The highest BCUT2D eigenvalue weighted by molar-refractivity contribution is 5.40. The first-order valence-corrected chi connectivity index (χ1v) is 14.5. The lowest BCUT2D eigenvalue weighted by Crippen LogP contribution is -1.98. The van der Waals surface area contributed by atoms with Crippen molar-refractivity contribution in [1.29, 1.82) is 0 Å². The van der Waals surface area contributed by atoms with Crippen LogP contribution in [0.1, 0.15) is 25.7 Å². The Morgan fingerprint density at radius 1 is 0.354 bits per heavy atom. The Labute approximate surface area is 277 Å². The monoisotopic (exact) mass is 668 g/mol. The topological polar surface area (TPSA) is 256 Å². The van der Waals surface area contributed by atoms with Crippen LogP contribution in [0.4, 0.5) is 0 Å². The summed E-state index contributed by atoms with van der Waals surface area (Å²) < 4.78 is 8.42. The van der Waals surface area contributed by atoms with Crippen LogP contribution in [-0.4, -0.2) is 79.8 Å². The zero-order valence-electron chi connectivity index (χ0n) is 26.3. The second kappa shape index (κ2) is 22.5. The van der Waals surface area contributed by atoms with E-state index in [1.807, 2.05) is 74.9 Å². The first-order valence-electron chi connectivity index (χ1n) is 14.5. The van der Waals surface area contributed by atoms with Gasteiger partial charge in [-0.15, -0.1) is 0 Å². The summed E-state index contributed by atoms with van der Waals surface area (Å²) in [5, 5.41) is 52.0. The lowest BCUT2D eigenvalue weighted by atomic mass is 10.3. The third-order valence-corrected chi connectivity index (χ3v) is 6.18. The van der Waals surface area contributed by atoms with Gasteiger partial charge in [0.1, 0.15) is 34.5 Å². The number of unbranched alkanes of at least 4 members (excludes halogenated alkanes) is 2. The van der Waals surface area contributed by atoms with Gasteiger partial charge in [0, 0.05) is 112 Å². The maximum absolute atomic E-state index is 8.67. The first-order chi connectivity index (χ1) is 22.3. The van der Waals surface area contributed by atoms with Crippen molar-refractivity contribution in [2.75, 3.05) is 0 Å². The average molecular weight is 669 g/mol. The van der Waals surface area contributed by atoms with Gasteiger partial charge < -0.3 is 59.9 Å². The van der Waals surface area contributed by atoms with Gasteiger partial charge in [-0.25, -0.2) is 19.9 Å². The zero-order valence-corrected chi connectivity index (χ0v) is 26.3. The fraction of sp³-hybridized carbons (Fsp3) is 0.250. The molecular weight excluding hydrogens is 624 g/mol. The predicted molar refractivity (Wildman–Crippen MR) is 177 cm³/mol. The maximum atomic E-state index is 8.67. The number of phenols is 6. The van der Waals surface area contributed by atoms with E-state index in [9.17, 15) is 0 Å². The number of imidazole rings is 4. The third kappa shape index (κ3) is 16.9. The molecule has 0 radical (unpaired) electrons. The van der Waals surface area contributed by atoms with Gasteiger partial charge in [0.05, 0.1) is 25.3 Å². The molecule has 0 fully saturated rings. The number of hydrogen-bond donors (Lipinski definition) is 6. The first kappa shape index (κ1) is 40.0. The average Bonchev–Trinajstić information content (AvgIpc) is 3.83. The van der Waals surface area contributed by atoms with Crippen LogP contribution < -0.4 is 0 Å². The van der Waals surface area contributed by atoms with Crippen LogP contribution >= 0.6 is 0 Å². The maximum Gasteiger partial charge on any atom is 0.122 e. The number of benzene rings is 2. The Hall–Kier alpha value is -6.00. The molecule has 260 valence electrons. The van der Waals surface area contributed by atoms with Gasteiger partial charge >= 0.3 is 0 Å². The molecule has 6 rings (SSSR count). The molecule has 0 saturated heterocycles. The van der Waals surface area contributed by atoms with Gasteiger partial charge in [-0.1, -0.05) is 0 Å². The molecule has 2 aromatic carbocycles. The summed E-state index contributed by atoms with van der Waals surface area (Å²) in [6, 6.07) is 6.83. The van der Waals surface area contributed by atoms with E-state index in [1.54, 1.807) is 0 Å². The quantitative estimate of drug-likeness (QED) is 0.116. The van der Waals surface area contributed by atoms with Crippen molar-refractivity contribution in [3.63, 3.8) is 0 Å². The summed E-state index contributed by atoms with van der Waals surface area (Å²) >= 11 is 0. The number of nitrogens with zero attached hydrogens (tertiary/aromatic N) is 8. The van der Waals surface area contributed by atoms with Crippen LogP contribution in [0, 0.1) is 0 Å². The fourth-order valence-electron chi connectivity index (χ4n) is 4.01. The molecule has 0 aliphatic carbocycles. The number of aromatic hydroxyl groups is 6. The predicted octanol–water partition coefficient (Wildman–Crippen LogP) is 3.08. The Kier molecular flexibility index (Phi) is 18.8. The van der Waals surface area contributed by atoms with E-state index in [4.69, 9.17) is 30.6 Å². The van der Waals surface area contributed by atoms with Crippen molar-refractivity contribution in [2.24, 2.45) is 0 Å². The van der Waals surface area contributed by atoms with Crippen LogP contribution in [0.5, 0.6) is 34.5 Å². The highest BCUT2D eigenvalue weighted by Crippen LogP contribution is 2.24. The van der Waals surface area contributed by atoms with Crippen LogP contribution in [0.2, 0.25) is 0 Å². The molecule has 48 heavy (non-hydrogen) atoms. The van der Waals surface area contributed by atoms with E-state index in [2.05, 4.69) is 38.2 Å². The minimum absolute atomic E-state index is 0. The molecule has 6 aromatic rings. The summed E-state index contributed by atoms with van der Waals surface area (Å²) in [6.45, 7) is 4.20. The van der Waals surface area contributed by atoms with Crippen molar-refractivity contribution in [3.8, 4) is 34.5 Å². The number of rotatable bonds is 10. The molecule has 0 aliphatic rings. The number of phenolic OH excluding ortho intramolecular Hbond substituents is 6. The van der Waals surface area contributed by atoms with E-state index >= 15 is 0 Å². The molecule has 16 nitrogen and oxygen atoms in total. The summed E-state index contributed by atoms with van der Waals surface area (Å²) in [5.74, 6) is -0.875. The molecule has 0 aliphatic heterocycles. The second-order valence-electron chi connectivity index (χ2n) is 10.0. The Balaban J connectivity index is 0.000000323. The van der Waals surface area contributed by atoms with Crippen molar-refractivity contribution in [2.45, 2.75) is 51.9 Å². The standard InChI is InChI=1S/2C10H14N4.2C6H6O3.2H2O/c2*1(5-13-7-3-11-9-13)2-6-14-8-4-12-10-14;2*7-4-1-5(8)3-6(9)2-4;;/h2*3-4,7-10H,1-2,5-6H2;2*1-3,7-9H;2*1H2. The molecule has 10 N–H and O–H groups in total. The van der Waals surface area contributed by atoms with Gasteiger partial charge in [0.15, 0.2) is 0 Å². The van der Waals surface area contributed by atoms with Crippen molar-refractivity contribution >= 4 is 0 Å². The summed E-state index contributed by atoms with van der Waals surface area (Å²) in [7, 11) is 0. The lowest BCUT2D eigenvalue weighted by molar-refractivity contribution is 0.426. The van der Waals surface area contributed by atoms with Crippen LogP contribution in [0.25, 0.3) is 0 Å². The third-order valence-electron chi connectivity index (χ3n) is 6.18. The van der Waals surface area contributed by atoms with E-state index < -0.39 is 0 Å². The van der Waals surface area contributed by atoms with Crippen LogP contribution in [0.3, 0.4) is 0 Å². The smallest absolute Gasteiger partial charge is 0.122 e. The molecule has 4 aromatic heterocycles. The van der Waals surface area contributed by atoms with Crippen molar-refractivity contribution < 1.29 is 41.6 Å². The number of aromatic nitrogens is 8. The molecule has 0 spiro atoms. The number of hydrogen-bond acceptors (Lipinski definition) is 10. The molecular formula is C32H44N8O8. The minimum Gasteiger partial charge on any atom is -0.508 e. The molecule has 16 heteroatoms. The van der Waals surface area contributed by atoms with E-state index in [0.717, 1.165) is 62.6 Å². The summed E-state index contributed by atoms with van der Waals surface area (Å²) in [5.41, 5.74) is 0. The van der Waals surface area contributed by atoms with Gasteiger partial charge in [-0.3, -0.25) is 0 Å². The van der Waals surface area contributed by atoms with Gasteiger partial charge in [0.2, 0.25) is 0 Å². The fourth-order valence-corrected chi connectivity index (χ4v) is 4.01. The van der Waals surface area contributed by atoms with Crippen LogP contribution in [-0.2, 0) is 26.2 Å². The van der Waals surface area contributed by atoms with E-state index in [-0.39, 0.29) is 45.4 Å². The minimum atomic E-state index is -0.146. The summed E-state index contributed by atoms with van der Waals surface area (Å²) in [6.07, 6.45) is 27.4. The Morgan fingerprint density at radius 3 is 0.688 bits per heavy atom. The van der Waals surface area contributed by atoms with Gasteiger partial charge in [-0.05, 0) is 25.7 Å². The molecule has 0 bridgehead atoms. The van der Waals surface area contributed by atoms with E-state index in [0.29, 0.717) is 0 Å². The second-order valence-corrected chi connectivity index (χ2v) is 10.0. The van der Waals surface area contributed by atoms with Crippen molar-refractivity contribution in [1.82, 2.24) is 38.2 Å². The Bertz CT molecular complexity index is 1320. The van der Waals surface area contributed by atoms with Gasteiger partial charge in [0.25, 0.3) is 0 Å². The highest BCUT2D eigenvalue weighted by Gasteiger charge is 1.96. The van der Waals surface area contributed by atoms with Crippen LogP contribution in [0.15, 0.2) is 111 Å². The summed E-state index contributed by atoms with van der Waals surface area (Å²) in [4.78, 5) is 16.0. The normalized spacial score (nSPS) is 9.67. The number of aryl methyl sites for hydroxylation is 4. The zero-order chi connectivity index (χ0) is 33.0. The molecule has 0 saturated carbocycles. The lowest BCUT2D eigenvalue weighted by Gasteiger charge is -2.02. The molecule has 0 atom stereocenters. The van der Waals surface area contributed by atoms with Gasteiger partial charge in [-0.2, -0.15) is 0 Å². The SMILES string of the molecule is O.O.Oc1cc(O)cc(O)c1.Oc1cc(O)cc(O)c1.c1cn(CCCCn2ccnc2)cn1.c1cn(CCCCn2ccnc2)cn1. The van der Waals surface area contributed by atoms with E-state index in [1.165, 1.54) is 25.7 Å². The Morgan fingerprint density at radius 2 is 0.542 bits per heavy atom. The largest absolute Gasteiger partial charge is 0.508 e. The molecule has 0 unspecified atom stereocenters. The molecule has 4 heterocycles. The molecule has 0 amide bonds. The van der Waals surface area contributed by atoms with Crippen molar-refractivity contribution in [3.05, 3.63) is 111 Å². The highest BCUT2D eigenvalue weighted by atomic mass is 16.3.